The van der Waals surface area contributed by atoms with Gasteiger partial charge in [-0.1, -0.05) is 18.5 Å². The molecule has 1 aromatic heterocycles. The van der Waals surface area contributed by atoms with Gasteiger partial charge in [0.1, 0.15) is 0 Å². The Balaban J connectivity index is 1.73. The Morgan fingerprint density at radius 2 is 1.92 bits per heavy atom. The molecule has 0 aliphatic carbocycles. The maximum absolute atomic E-state index is 14.1. The maximum Gasteiger partial charge on any atom is 0.416 e. The first kappa shape index (κ1) is 28.1. The van der Waals surface area contributed by atoms with Gasteiger partial charge in [-0.2, -0.15) is 13.2 Å². The number of nitrogens with zero attached hydrogens (tertiary/aromatic N) is 3. The highest BCUT2D eigenvalue weighted by Gasteiger charge is 2.35. The normalized spacial score (nSPS) is 16.7. The molecule has 0 bridgehead atoms. The molecule has 1 amide bonds. The molecule has 1 atom stereocenters. The number of sulfone groups is 1. The van der Waals surface area contributed by atoms with Crippen LogP contribution in [0.25, 0.3) is 10.9 Å². The fourth-order valence-electron chi connectivity index (χ4n) is 4.69. The third-order valence-electron chi connectivity index (χ3n) is 6.51. The average Bonchev–Trinajstić information content (AvgIpc) is 3.25. The van der Waals surface area contributed by atoms with E-state index in [0.29, 0.717) is 19.5 Å². The van der Waals surface area contributed by atoms with E-state index in [9.17, 15) is 31.2 Å². The van der Waals surface area contributed by atoms with Crippen LogP contribution in [0.4, 0.5) is 13.2 Å². The van der Waals surface area contributed by atoms with Gasteiger partial charge in [-0.25, -0.2) is 13.4 Å². The lowest BCUT2D eigenvalue weighted by Crippen LogP contribution is -2.35. The highest BCUT2D eigenvalue weighted by molar-refractivity contribution is 7.91. The van der Waals surface area contributed by atoms with Crippen molar-refractivity contribution < 1.29 is 26.4 Å². The Hall–Kier alpha value is -2.96. The summed E-state index contributed by atoms with van der Waals surface area (Å²) in [7, 11) is -3.65. The van der Waals surface area contributed by atoms with Gasteiger partial charge in [0.25, 0.3) is 5.56 Å². The van der Waals surface area contributed by atoms with Gasteiger partial charge in [-0.15, -0.1) is 0 Å². The van der Waals surface area contributed by atoms with Gasteiger partial charge >= 0.3 is 6.18 Å². The molecule has 0 spiro atoms. The highest BCUT2D eigenvalue weighted by Crippen LogP contribution is 2.35. The fraction of sp³-hybridized carbons (Fsp3) is 0.400. The second-order valence-corrected chi connectivity index (χ2v) is 12.0. The summed E-state index contributed by atoms with van der Waals surface area (Å²) in [5, 5.41) is 2.80. The quantitative estimate of drug-likeness (QED) is 0.466. The van der Waals surface area contributed by atoms with Crippen molar-refractivity contribution in [2.75, 3.05) is 18.8 Å². The monoisotopic (exact) mass is 570 g/mol. The van der Waals surface area contributed by atoms with Crippen LogP contribution in [0.1, 0.15) is 37.0 Å². The minimum absolute atomic E-state index is 0.00842. The van der Waals surface area contributed by atoms with Crippen molar-refractivity contribution in [3.63, 3.8) is 0 Å². The molecule has 4 rings (SSSR count). The highest BCUT2D eigenvalue weighted by atomic mass is 35.5. The topological polar surface area (TPSA) is 101 Å². The van der Waals surface area contributed by atoms with Crippen LogP contribution in [-0.4, -0.2) is 53.7 Å². The molecule has 13 heteroatoms. The minimum Gasteiger partial charge on any atom is -0.352 e. The minimum atomic E-state index is -4.72. The molecule has 1 aliphatic rings. The predicted molar refractivity (Wildman–Crippen MR) is 137 cm³/mol. The van der Waals surface area contributed by atoms with Gasteiger partial charge in [-0.05, 0) is 47.9 Å². The molecule has 2 aromatic carbocycles. The van der Waals surface area contributed by atoms with E-state index in [1.165, 1.54) is 44.4 Å². The van der Waals surface area contributed by atoms with Gasteiger partial charge in [0, 0.05) is 37.6 Å². The molecule has 1 N–H and O–H groups in total. The SMILES string of the molecule is CCS(=O)(=O)c1ccc(Cl)cc1Cn1cnc2cc(CN3CC[C@H](NC(C)=O)C3)c(C(F)(F)F)cc2c1=O. The van der Waals surface area contributed by atoms with Gasteiger partial charge in [0.15, 0.2) is 9.84 Å². The molecule has 3 aromatic rings. The van der Waals surface area contributed by atoms with Crippen LogP contribution in [0, 0.1) is 0 Å². The van der Waals surface area contributed by atoms with Gasteiger partial charge < -0.3 is 5.32 Å². The van der Waals surface area contributed by atoms with E-state index in [1.807, 2.05) is 4.90 Å². The number of carbonyl (C=O) groups is 1. The van der Waals surface area contributed by atoms with E-state index in [0.717, 1.165) is 10.6 Å². The first-order valence-corrected chi connectivity index (χ1v) is 13.9. The Morgan fingerprint density at radius 1 is 1.18 bits per heavy atom. The molecule has 1 aliphatic heterocycles. The van der Waals surface area contributed by atoms with Crippen LogP contribution in [0.2, 0.25) is 5.02 Å². The van der Waals surface area contributed by atoms with Gasteiger partial charge in [-0.3, -0.25) is 19.1 Å². The number of hydrogen-bond donors (Lipinski definition) is 1. The molecular formula is C25H26ClF3N4O4S. The van der Waals surface area contributed by atoms with E-state index in [2.05, 4.69) is 10.3 Å². The van der Waals surface area contributed by atoms with Gasteiger partial charge in [0.2, 0.25) is 5.91 Å². The van der Waals surface area contributed by atoms with Crippen LogP contribution >= 0.6 is 11.6 Å². The van der Waals surface area contributed by atoms with Crippen molar-refractivity contribution in [1.29, 1.82) is 0 Å². The summed E-state index contributed by atoms with van der Waals surface area (Å²) >= 11 is 6.06. The fourth-order valence-corrected chi connectivity index (χ4v) is 6.00. The lowest BCUT2D eigenvalue weighted by atomic mass is 10.0. The number of likely N-dealkylation sites (tertiary alicyclic amines) is 1. The summed E-state index contributed by atoms with van der Waals surface area (Å²) in [4.78, 5) is 30.6. The number of halogens is 4. The molecule has 1 saturated heterocycles. The zero-order valence-corrected chi connectivity index (χ0v) is 22.3. The number of amides is 1. The zero-order chi connectivity index (χ0) is 27.8. The summed E-state index contributed by atoms with van der Waals surface area (Å²) < 4.78 is 68.3. The van der Waals surface area contributed by atoms with Crippen LogP contribution in [-0.2, 0) is 33.9 Å². The lowest BCUT2D eigenvalue weighted by Gasteiger charge is -2.20. The Bertz CT molecular complexity index is 1560. The third kappa shape index (κ3) is 6.02. The van der Waals surface area contributed by atoms with E-state index < -0.39 is 27.1 Å². The van der Waals surface area contributed by atoms with Crippen molar-refractivity contribution >= 4 is 38.2 Å². The van der Waals surface area contributed by atoms with Crippen LogP contribution < -0.4 is 10.9 Å². The summed E-state index contributed by atoms with van der Waals surface area (Å²) in [6, 6.07) is 6.11. The van der Waals surface area contributed by atoms with Crippen LogP contribution in [0.3, 0.4) is 0 Å². The Kier molecular flexibility index (Phi) is 7.87. The Labute approximate surface area is 222 Å². The van der Waals surface area contributed by atoms with E-state index in [4.69, 9.17) is 11.6 Å². The van der Waals surface area contributed by atoms with Crippen molar-refractivity contribution in [1.82, 2.24) is 19.8 Å². The van der Waals surface area contributed by atoms with Crippen molar-refractivity contribution in [2.45, 2.75) is 50.5 Å². The summed E-state index contributed by atoms with van der Waals surface area (Å²) in [6.07, 6.45) is -2.91. The van der Waals surface area contributed by atoms with Gasteiger partial charge in [0.05, 0.1) is 40.0 Å². The second-order valence-electron chi connectivity index (χ2n) is 9.28. The average molecular weight is 571 g/mol. The summed E-state index contributed by atoms with van der Waals surface area (Å²) in [5.41, 5.74) is -1.37. The molecule has 1 fully saturated rings. The van der Waals surface area contributed by atoms with E-state index >= 15 is 0 Å². The first-order chi connectivity index (χ1) is 17.8. The molecule has 2 heterocycles. The molecule has 0 saturated carbocycles. The van der Waals surface area contributed by atoms with Crippen molar-refractivity contribution in [3.8, 4) is 0 Å². The predicted octanol–water partition coefficient (Wildman–Crippen LogP) is 3.62. The number of nitrogens with one attached hydrogen (secondary N) is 1. The summed E-state index contributed by atoms with van der Waals surface area (Å²) in [6.45, 7) is 3.53. The number of fused-ring (bicyclic) bond motifs is 1. The van der Waals surface area contributed by atoms with Crippen molar-refractivity contribution in [3.05, 3.63) is 68.7 Å². The largest absolute Gasteiger partial charge is 0.416 e. The molecule has 0 unspecified atom stereocenters. The molecule has 204 valence electrons. The number of hydrogen-bond acceptors (Lipinski definition) is 6. The molecule has 38 heavy (non-hydrogen) atoms. The van der Waals surface area contributed by atoms with E-state index in [-0.39, 0.29) is 62.7 Å². The standard InChI is InChI=1S/C25H26ClF3N4O4S/c1-3-38(36,37)23-5-4-18(26)8-17(23)12-33-14-30-22-9-16(11-32-7-6-19(13-32)31-15(2)34)21(25(27,28)29)10-20(22)24(33)35/h4-5,8-10,14,19H,3,6-7,11-13H2,1-2H3,(H,31,34)/t19-/m0/s1. The second kappa shape index (κ2) is 10.7. The van der Waals surface area contributed by atoms with E-state index in [1.54, 1.807) is 0 Å². The molecule has 8 nitrogen and oxygen atoms in total. The molecular weight excluding hydrogens is 545 g/mol. The molecule has 0 radical (unpaired) electrons. The van der Waals surface area contributed by atoms with Crippen LogP contribution in [0.5, 0.6) is 0 Å². The zero-order valence-electron chi connectivity index (χ0n) is 20.7. The number of benzene rings is 2. The number of alkyl halides is 3. The number of carbonyl (C=O) groups excluding carboxylic acids is 1. The van der Waals surface area contributed by atoms with Crippen LogP contribution in [0.15, 0.2) is 46.3 Å². The smallest absolute Gasteiger partial charge is 0.352 e. The first-order valence-electron chi connectivity index (χ1n) is 11.9. The number of aromatic nitrogens is 2. The summed E-state index contributed by atoms with van der Waals surface area (Å²) in [5.74, 6) is -0.372. The lowest BCUT2D eigenvalue weighted by molar-refractivity contribution is -0.138. The Morgan fingerprint density at radius 3 is 2.58 bits per heavy atom. The number of rotatable bonds is 7. The third-order valence-corrected chi connectivity index (χ3v) is 8.57. The maximum atomic E-state index is 14.1. The van der Waals surface area contributed by atoms with Crippen molar-refractivity contribution in [2.24, 2.45) is 0 Å².